The number of hydrogen-bond acceptors (Lipinski definition) is 4. The minimum absolute atomic E-state index is 0.212. The topological polar surface area (TPSA) is 51.4 Å². The number of nitrogens with zero attached hydrogens (tertiary/aromatic N) is 3. The Bertz CT molecular complexity index is 1380. The van der Waals surface area contributed by atoms with E-state index in [4.69, 9.17) is 27.9 Å². The molecule has 10 heteroatoms. The highest BCUT2D eigenvalue weighted by molar-refractivity contribution is 6.35. The predicted octanol–water partition coefficient (Wildman–Crippen LogP) is 7.84. The van der Waals surface area contributed by atoms with Gasteiger partial charge in [-0.3, -0.25) is 5.43 Å². The molecule has 0 saturated carbocycles. The Morgan fingerprint density at radius 1 is 1.03 bits per heavy atom. The van der Waals surface area contributed by atoms with Crippen LogP contribution in [0.25, 0.3) is 5.69 Å². The number of aryl methyl sites for hydroxylation is 1. The van der Waals surface area contributed by atoms with Crippen molar-refractivity contribution in [1.82, 2.24) is 9.55 Å². The van der Waals surface area contributed by atoms with E-state index in [0.717, 1.165) is 40.5 Å². The summed E-state index contributed by atoms with van der Waals surface area (Å²) < 4.78 is 45.9. The maximum atomic E-state index is 12.7. The smallest absolute Gasteiger partial charge is 0.417 e. The summed E-state index contributed by atoms with van der Waals surface area (Å²) in [6.45, 7) is 4.25. The predicted molar refractivity (Wildman–Crippen MR) is 136 cm³/mol. The molecule has 0 amide bonds. The second kappa shape index (κ2) is 10.6. The Hall–Kier alpha value is -3.49. The van der Waals surface area contributed by atoms with Gasteiger partial charge in [0.2, 0.25) is 0 Å². The second-order valence-electron chi connectivity index (χ2n) is 7.98. The van der Waals surface area contributed by atoms with Crippen LogP contribution in [0.4, 0.5) is 19.0 Å². The monoisotopic (exact) mass is 532 g/mol. The summed E-state index contributed by atoms with van der Waals surface area (Å²) in [4.78, 5) is 3.75. The molecule has 2 aromatic heterocycles. The molecule has 2 aromatic carbocycles. The minimum Gasteiger partial charge on any atom is -0.489 e. The molecule has 0 atom stereocenters. The first-order valence-corrected chi connectivity index (χ1v) is 11.6. The minimum atomic E-state index is -4.43. The van der Waals surface area contributed by atoms with E-state index < -0.39 is 11.7 Å². The fourth-order valence-electron chi connectivity index (χ4n) is 3.60. The van der Waals surface area contributed by atoms with Crippen molar-refractivity contribution in [3.8, 4) is 11.4 Å². The van der Waals surface area contributed by atoms with Gasteiger partial charge in [-0.15, -0.1) is 0 Å². The van der Waals surface area contributed by atoms with E-state index in [-0.39, 0.29) is 5.82 Å². The van der Waals surface area contributed by atoms with Gasteiger partial charge in [0.1, 0.15) is 18.2 Å². The van der Waals surface area contributed by atoms with Crippen LogP contribution >= 0.6 is 23.2 Å². The summed E-state index contributed by atoms with van der Waals surface area (Å²) in [6.07, 6.45) is -2.06. The van der Waals surface area contributed by atoms with Crippen molar-refractivity contribution in [2.75, 3.05) is 5.43 Å². The largest absolute Gasteiger partial charge is 0.489 e. The van der Waals surface area contributed by atoms with Crippen molar-refractivity contribution in [3.63, 3.8) is 0 Å². The number of benzene rings is 2. The van der Waals surface area contributed by atoms with E-state index in [1.54, 1.807) is 18.3 Å². The number of alkyl halides is 3. The van der Waals surface area contributed by atoms with Crippen molar-refractivity contribution in [2.24, 2.45) is 5.10 Å². The van der Waals surface area contributed by atoms with E-state index in [9.17, 15) is 13.2 Å². The van der Waals surface area contributed by atoms with Crippen LogP contribution in [0.5, 0.6) is 5.75 Å². The number of aromatic nitrogens is 2. The Kier molecular flexibility index (Phi) is 7.56. The zero-order valence-corrected chi connectivity index (χ0v) is 20.8. The fourth-order valence-corrected chi connectivity index (χ4v) is 4.07. The molecule has 0 aliphatic heterocycles. The number of ether oxygens (including phenoxy) is 1. The first-order valence-electron chi connectivity index (χ1n) is 10.8. The standard InChI is InChI=1S/C26H21Cl2F3N4O/c1-16-11-19(13-33-34-25-10-4-20(14-32-25)26(29,30)31)17(2)35(16)22-6-8-23(9-7-22)36-15-18-3-5-21(27)12-24(18)28/h3-14H,15H2,1-2H3,(H,32,34)/b33-13-. The molecule has 0 spiro atoms. The van der Waals surface area contributed by atoms with Crippen molar-refractivity contribution < 1.29 is 17.9 Å². The van der Waals surface area contributed by atoms with Gasteiger partial charge in [0.05, 0.1) is 11.8 Å². The molecule has 0 aliphatic rings. The molecular weight excluding hydrogens is 512 g/mol. The highest BCUT2D eigenvalue weighted by Gasteiger charge is 2.30. The first kappa shape index (κ1) is 25.6. The Balaban J connectivity index is 1.42. The van der Waals surface area contributed by atoms with Crippen LogP contribution in [0, 0.1) is 13.8 Å². The molecule has 36 heavy (non-hydrogen) atoms. The summed E-state index contributed by atoms with van der Waals surface area (Å²) in [6, 6.07) is 17.1. The van der Waals surface area contributed by atoms with Crippen LogP contribution in [0.1, 0.15) is 28.1 Å². The summed E-state index contributed by atoms with van der Waals surface area (Å²) in [5.41, 5.74) is 6.41. The van der Waals surface area contributed by atoms with E-state index >= 15 is 0 Å². The maximum Gasteiger partial charge on any atom is 0.417 e. The van der Waals surface area contributed by atoms with Crippen molar-refractivity contribution in [2.45, 2.75) is 26.6 Å². The molecule has 5 nitrogen and oxygen atoms in total. The van der Waals surface area contributed by atoms with Gasteiger partial charge in [0.15, 0.2) is 0 Å². The van der Waals surface area contributed by atoms with Crippen LogP contribution in [0.3, 0.4) is 0 Å². The average Bonchev–Trinajstić information content (AvgIpc) is 3.11. The van der Waals surface area contributed by atoms with Crippen molar-refractivity contribution in [1.29, 1.82) is 0 Å². The fraction of sp³-hybridized carbons (Fsp3) is 0.154. The number of nitrogens with one attached hydrogen (secondary N) is 1. The van der Waals surface area contributed by atoms with Gasteiger partial charge in [-0.25, -0.2) is 4.98 Å². The second-order valence-corrected chi connectivity index (χ2v) is 8.82. The van der Waals surface area contributed by atoms with E-state index in [0.29, 0.717) is 22.4 Å². The highest BCUT2D eigenvalue weighted by atomic mass is 35.5. The molecule has 0 fully saturated rings. The van der Waals surface area contributed by atoms with Crippen molar-refractivity contribution >= 4 is 35.2 Å². The van der Waals surface area contributed by atoms with Gasteiger partial charge in [-0.2, -0.15) is 18.3 Å². The molecule has 0 saturated heterocycles. The summed E-state index contributed by atoms with van der Waals surface area (Å²) in [5, 5.41) is 5.24. The lowest BCUT2D eigenvalue weighted by molar-refractivity contribution is -0.137. The molecular formula is C26H21Cl2F3N4O. The van der Waals surface area contributed by atoms with Crippen molar-refractivity contribution in [3.05, 3.63) is 105 Å². The third kappa shape index (κ3) is 6.01. The Morgan fingerprint density at radius 3 is 2.42 bits per heavy atom. The zero-order valence-electron chi connectivity index (χ0n) is 19.3. The first-order chi connectivity index (χ1) is 17.1. The van der Waals surface area contributed by atoms with E-state index in [2.05, 4.69) is 20.1 Å². The lowest BCUT2D eigenvalue weighted by atomic mass is 10.2. The molecule has 4 aromatic rings. The third-order valence-electron chi connectivity index (χ3n) is 5.45. The average molecular weight is 533 g/mol. The normalized spacial score (nSPS) is 11.8. The molecule has 0 aliphatic carbocycles. The lowest BCUT2D eigenvalue weighted by Crippen LogP contribution is -2.05. The number of hydrazone groups is 1. The molecule has 0 unspecified atom stereocenters. The highest BCUT2D eigenvalue weighted by Crippen LogP contribution is 2.29. The molecule has 2 heterocycles. The van der Waals surface area contributed by atoms with Crippen LogP contribution in [-0.4, -0.2) is 15.8 Å². The van der Waals surface area contributed by atoms with Gasteiger partial charge in [-0.1, -0.05) is 29.3 Å². The van der Waals surface area contributed by atoms with Crippen LogP contribution in [-0.2, 0) is 12.8 Å². The number of pyridine rings is 1. The quantitative estimate of drug-likeness (QED) is 0.195. The number of anilines is 1. The zero-order chi connectivity index (χ0) is 25.9. The summed E-state index contributed by atoms with van der Waals surface area (Å²) >= 11 is 12.1. The number of rotatable bonds is 7. The summed E-state index contributed by atoms with van der Waals surface area (Å²) in [5.74, 6) is 0.908. The maximum absolute atomic E-state index is 12.7. The molecule has 0 bridgehead atoms. The van der Waals surface area contributed by atoms with Crippen LogP contribution in [0.2, 0.25) is 10.0 Å². The molecule has 1 N–H and O–H groups in total. The number of hydrogen-bond donors (Lipinski definition) is 1. The van der Waals surface area contributed by atoms with Crippen LogP contribution in [0.15, 0.2) is 72.0 Å². The SMILES string of the molecule is Cc1cc(/C=N\Nc2ccc(C(F)(F)F)cn2)c(C)n1-c1ccc(OCc2ccc(Cl)cc2Cl)cc1. The van der Waals surface area contributed by atoms with E-state index in [1.165, 1.54) is 6.07 Å². The van der Waals surface area contributed by atoms with Gasteiger partial charge < -0.3 is 9.30 Å². The lowest BCUT2D eigenvalue weighted by Gasteiger charge is -2.12. The van der Waals surface area contributed by atoms with Gasteiger partial charge in [0.25, 0.3) is 0 Å². The van der Waals surface area contributed by atoms with Crippen LogP contribution < -0.4 is 10.2 Å². The van der Waals surface area contributed by atoms with Gasteiger partial charge in [-0.05, 0) is 68.4 Å². The van der Waals surface area contributed by atoms with E-state index in [1.807, 2.05) is 50.2 Å². The van der Waals surface area contributed by atoms with Gasteiger partial charge >= 0.3 is 6.18 Å². The Labute approximate surface area is 216 Å². The summed E-state index contributed by atoms with van der Waals surface area (Å²) in [7, 11) is 0. The Morgan fingerprint density at radius 2 is 1.78 bits per heavy atom. The molecule has 186 valence electrons. The third-order valence-corrected chi connectivity index (χ3v) is 6.04. The molecule has 0 radical (unpaired) electrons. The molecule has 4 rings (SSSR count). The number of halogens is 5. The van der Waals surface area contributed by atoms with Gasteiger partial charge in [0, 0.05) is 44.4 Å².